The summed E-state index contributed by atoms with van der Waals surface area (Å²) < 4.78 is 5.07. The van der Waals surface area contributed by atoms with Crippen molar-refractivity contribution in [3.05, 3.63) is 28.8 Å². The van der Waals surface area contributed by atoms with Crippen molar-refractivity contribution in [1.29, 1.82) is 0 Å². The van der Waals surface area contributed by atoms with Crippen LogP contribution < -0.4 is 4.74 Å². The number of benzene rings is 1. The quantitative estimate of drug-likeness (QED) is 0.894. The number of aliphatic carboxylic acids is 1. The fourth-order valence-corrected chi connectivity index (χ4v) is 1.72. The number of carbonyl (C=O) groups is 1. The average Bonchev–Trinajstić information content (AvgIpc) is 2.28. The monoisotopic (exact) mass is 271 g/mol. The predicted octanol–water partition coefficient (Wildman–Crippen LogP) is 2.64. The molecule has 1 rings (SSSR count). The van der Waals surface area contributed by atoms with Crippen molar-refractivity contribution < 1.29 is 14.6 Å². The van der Waals surface area contributed by atoms with Gasteiger partial charge in [0.05, 0.1) is 12.1 Å². The van der Waals surface area contributed by atoms with Crippen molar-refractivity contribution >= 4 is 17.6 Å². The van der Waals surface area contributed by atoms with E-state index in [0.717, 1.165) is 5.56 Å². The molecule has 1 N–H and O–H groups in total. The van der Waals surface area contributed by atoms with Crippen LogP contribution in [-0.2, 0) is 11.3 Å². The Morgan fingerprint density at radius 1 is 1.50 bits per heavy atom. The maximum Gasteiger partial charge on any atom is 0.323 e. The van der Waals surface area contributed by atoms with E-state index in [1.165, 1.54) is 0 Å². The number of methoxy groups -OCH3 is 1. The third kappa shape index (κ3) is 3.15. The second kappa shape index (κ2) is 5.59. The van der Waals surface area contributed by atoms with Crippen LogP contribution >= 0.6 is 11.6 Å². The van der Waals surface area contributed by atoms with Crippen LogP contribution in [0.2, 0.25) is 5.02 Å². The second-order valence-corrected chi connectivity index (χ2v) is 5.10. The molecule has 0 aliphatic heterocycles. The number of likely N-dealkylation sites (N-methyl/N-ethyl adjacent to an activating group) is 1. The van der Waals surface area contributed by atoms with Crippen molar-refractivity contribution in [2.75, 3.05) is 14.2 Å². The summed E-state index contributed by atoms with van der Waals surface area (Å²) in [5, 5.41) is 9.66. The molecular formula is C13H18ClNO3. The summed E-state index contributed by atoms with van der Waals surface area (Å²) in [6, 6.07) is 5.44. The molecule has 4 nitrogen and oxygen atoms in total. The lowest BCUT2D eigenvalue weighted by atomic mass is 10.0. The summed E-state index contributed by atoms with van der Waals surface area (Å²) in [5.41, 5.74) is 0.0180. The molecule has 0 saturated heterocycles. The molecule has 0 heterocycles. The Morgan fingerprint density at radius 3 is 2.56 bits per heavy atom. The van der Waals surface area contributed by atoms with Gasteiger partial charge in [0, 0.05) is 6.54 Å². The van der Waals surface area contributed by atoms with E-state index in [0.29, 0.717) is 17.3 Å². The van der Waals surface area contributed by atoms with Crippen molar-refractivity contribution in [3.63, 3.8) is 0 Å². The standard InChI is InChI=1S/C13H18ClNO3/c1-13(2,12(16)17)15(3)8-9-5-6-11(18-4)10(14)7-9/h5-7H,8H2,1-4H3,(H,16,17). The van der Waals surface area contributed by atoms with E-state index < -0.39 is 11.5 Å². The van der Waals surface area contributed by atoms with E-state index in [9.17, 15) is 4.79 Å². The molecule has 0 atom stereocenters. The first kappa shape index (κ1) is 14.8. The first-order chi connectivity index (χ1) is 8.28. The zero-order valence-electron chi connectivity index (χ0n) is 11.0. The third-order valence-electron chi connectivity index (χ3n) is 3.11. The maximum absolute atomic E-state index is 11.1. The van der Waals surface area contributed by atoms with E-state index in [2.05, 4.69) is 0 Å². The highest BCUT2D eigenvalue weighted by molar-refractivity contribution is 6.32. The van der Waals surface area contributed by atoms with Gasteiger partial charge >= 0.3 is 5.97 Å². The van der Waals surface area contributed by atoms with E-state index in [4.69, 9.17) is 21.4 Å². The van der Waals surface area contributed by atoms with Gasteiger partial charge in [0.15, 0.2) is 0 Å². The summed E-state index contributed by atoms with van der Waals surface area (Å²) in [4.78, 5) is 12.9. The van der Waals surface area contributed by atoms with Crippen molar-refractivity contribution in [2.45, 2.75) is 25.9 Å². The topological polar surface area (TPSA) is 49.8 Å². The molecule has 0 amide bonds. The molecule has 0 bridgehead atoms. The second-order valence-electron chi connectivity index (χ2n) is 4.69. The predicted molar refractivity (Wildman–Crippen MR) is 71.2 cm³/mol. The Balaban J connectivity index is 2.85. The number of rotatable bonds is 5. The van der Waals surface area contributed by atoms with Gasteiger partial charge < -0.3 is 9.84 Å². The molecule has 5 heteroatoms. The normalized spacial score (nSPS) is 11.7. The number of hydrogen-bond donors (Lipinski definition) is 1. The van der Waals surface area contributed by atoms with Crippen LogP contribution in [0.15, 0.2) is 18.2 Å². The zero-order chi connectivity index (χ0) is 13.9. The summed E-state index contributed by atoms with van der Waals surface area (Å²) in [5.74, 6) is -0.245. The molecule has 1 aromatic rings. The van der Waals surface area contributed by atoms with E-state index in [1.807, 2.05) is 6.07 Å². The molecule has 0 fully saturated rings. The van der Waals surface area contributed by atoms with Crippen LogP contribution in [-0.4, -0.2) is 35.7 Å². The molecule has 0 unspecified atom stereocenters. The Kier molecular flexibility index (Phi) is 4.59. The van der Waals surface area contributed by atoms with Gasteiger partial charge in [-0.05, 0) is 38.6 Å². The lowest BCUT2D eigenvalue weighted by Gasteiger charge is -2.31. The Labute approximate surface area is 112 Å². The van der Waals surface area contributed by atoms with Crippen LogP contribution in [0.25, 0.3) is 0 Å². The first-order valence-corrected chi connectivity index (χ1v) is 5.94. The molecule has 0 saturated carbocycles. The lowest BCUT2D eigenvalue weighted by molar-refractivity contribution is -0.148. The Hall–Kier alpha value is -1.26. The van der Waals surface area contributed by atoms with Crippen molar-refractivity contribution in [2.24, 2.45) is 0 Å². The SMILES string of the molecule is COc1ccc(CN(C)C(C)(C)C(=O)O)cc1Cl. The van der Waals surface area contributed by atoms with Gasteiger partial charge in [-0.3, -0.25) is 9.69 Å². The van der Waals surface area contributed by atoms with Crippen LogP contribution in [0.3, 0.4) is 0 Å². The highest BCUT2D eigenvalue weighted by atomic mass is 35.5. The Bertz CT molecular complexity index is 446. The molecular weight excluding hydrogens is 254 g/mol. The van der Waals surface area contributed by atoms with Crippen LogP contribution in [0.1, 0.15) is 19.4 Å². The zero-order valence-corrected chi connectivity index (χ0v) is 11.8. The minimum atomic E-state index is -0.924. The minimum absolute atomic E-state index is 0.503. The molecule has 0 radical (unpaired) electrons. The van der Waals surface area contributed by atoms with Gasteiger partial charge in [-0.1, -0.05) is 17.7 Å². The highest BCUT2D eigenvalue weighted by Crippen LogP contribution is 2.26. The van der Waals surface area contributed by atoms with Gasteiger partial charge in [0.25, 0.3) is 0 Å². The molecule has 0 spiro atoms. The van der Waals surface area contributed by atoms with Gasteiger partial charge in [0.2, 0.25) is 0 Å². The lowest BCUT2D eigenvalue weighted by Crippen LogP contribution is -2.47. The number of ether oxygens (including phenoxy) is 1. The maximum atomic E-state index is 11.1. The summed E-state index contributed by atoms with van der Waals surface area (Å²) >= 11 is 6.03. The molecule has 100 valence electrons. The number of nitrogens with zero attached hydrogens (tertiary/aromatic N) is 1. The van der Waals surface area contributed by atoms with Crippen molar-refractivity contribution in [3.8, 4) is 5.75 Å². The molecule has 0 aromatic heterocycles. The third-order valence-corrected chi connectivity index (χ3v) is 3.41. The summed E-state index contributed by atoms with van der Waals surface area (Å²) in [6.07, 6.45) is 0. The number of carboxylic acids is 1. The molecule has 0 aliphatic rings. The van der Waals surface area contributed by atoms with E-state index in [1.54, 1.807) is 45.0 Å². The van der Waals surface area contributed by atoms with Crippen LogP contribution in [0.4, 0.5) is 0 Å². The Morgan fingerprint density at radius 2 is 2.11 bits per heavy atom. The van der Waals surface area contributed by atoms with E-state index >= 15 is 0 Å². The largest absolute Gasteiger partial charge is 0.495 e. The van der Waals surface area contributed by atoms with E-state index in [-0.39, 0.29) is 0 Å². The fraction of sp³-hybridized carbons (Fsp3) is 0.462. The number of carboxylic acid groups (broad SMARTS) is 1. The number of halogens is 1. The molecule has 0 aliphatic carbocycles. The average molecular weight is 272 g/mol. The molecule has 18 heavy (non-hydrogen) atoms. The fourth-order valence-electron chi connectivity index (χ4n) is 1.44. The van der Waals surface area contributed by atoms with Gasteiger partial charge in [-0.2, -0.15) is 0 Å². The minimum Gasteiger partial charge on any atom is -0.495 e. The first-order valence-electron chi connectivity index (χ1n) is 5.56. The van der Waals surface area contributed by atoms with Crippen LogP contribution in [0.5, 0.6) is 5.75 Å². The number of hydrogen-bond acceptors (Lipinski definition) is 3. The highest BCUT2D eigenvalue weighted by Gasteiger charge is 2.31. The smallest absolute Gasteiger partial charge is 0.323 e. The van der Waals surface area contributed by atoms with Crippen LogP contribution in [0, 0.1) is 0 Å². The van der Waals surface area contributed by atoms with Crippen molar-refractivity contribution in [1.82, 2.24) is 4.90 Å². The van der Waals surface area contributed by atoms with Gasteiger partial charge in [-0.25, -0.2) is 0 Å². The summed E-state index contributed by atoms with van der Waals surface area (Å²) in [7, 11) is 3.33. The van der Waals surface area contributed by atoms with Gasteiger partial charge in [0.1, 0.15) is 11.3 Å². The summed E-state index contributed by atoms with van der Waals surface area (Å²) in [6.45, 7) is 3.84. The van der Waals surface area contributed by atoms with Gasteiger partial charge in [-0.15, -0.1) is 0 Å². The molecule has 1 aromatic carbocycles.